The smallest absolute Gasteiger partial charge is 0.166 e. The number of hydrogen-bond acceptors (Lipinski definition) is 0. The van der Waals surface area contributed by atoms with Crippen LogP contribution < -0.4 is 0 Å². The number of benzene rings is 2. The Morgan fingerprint density at radius 2 is 1.78 bits per heavy atom. The minimum absolute atomic E-state index is 0.424. The van der Waals surface area contributed by atoms with Crippen LogP contribution in [0.15, 0.2) is 36.4 Å². The Bertz CT molecular complexity index is 722. The molecule has 0 amide bonds. The summed E-state index contributed by atoms with van der Waals surface area (Å²) in [4.78, 5) is 0. The van der Waals surface area contributed by atoms with Crippen LogP contribution in [-0.4, -0.2) is 0 Å². The van der Waals surface area contributed by atoms with Gasteiger partial charge in [-0.3, -0.25) is 0 Å². The molecule has 0 N–H and O–H groups in total. The zero-order valence-electron chi connectivity index (χ0n) is 13.9. The highest BCUT2D eigenvalue weighted by Gasteiger charge is 2.22. The van der Waals surface area contributed by atoms with E-state index in [0.717, 1.165) is 23.8 Å². The lowest BCUT2D eigenvalue weighted by Crippen LogP contribution is -2.11. The van der Waals surface area contributed by atoms with Crippen LogP contribution in [0.4, 0.5) is 8.78 Å². The molecule has 0 saturated heterocycles. The predicted octanol–water partition coefficient (Wildman–Crippen LogP) is 6.53. The summed E-state index contributed by atoms with van der Waals surface area (Å²) in [5.74, 6) is -0.232. The molecule has 23 heavy (non-hydrogen) atoms. The number of rotatable bonds is 3. The average Bonchev–Trinajstić information content (AvgIpc) is 2.59. The number of allylic oxidation sites excluding steroid dienone is 2. The Kier molecular flexibility index (Phi) is 4.79. The first-order chi connectivity index (χ1) is 11.1. The molecule has 0 aromatic heterocycles. The molecule has 0 heterocycles. The van der Waals surface area contributed by atoms with E-state index in [1.807, 2.05) is 19.1 Å². The van der Waals surface area contributed by atoms with Gasteiger partial charge in [0.2, 0.25) is 0 Å². The van der Waals surface area contributed by atoms with Crippen molar-refractivity contribution in [2.75, 3.05) is 0 Å². The van der Waals surface area contributed by atoms with Crippen LogP contribution in [0.25, 0.3) is 10.8 Å². The third-order valence-electron chi connectivity index (χ3n) is 5.21. The molecule has 0 bridgehead atoms. The van der Waals surface area contributed by atoms with Gasteiger partial charge < -0.3 is 0 Å². The van der Waals surface area contributed by atoms with Gasteiger partial charge in [-0.05, 0) is 79.5 Å². The predicted molar refractivity (Wildman–Crippen MR) is 92.8 cm³/mol. The summed E-state index contributed by atoms with van der Waals surface area (Å²) in [6, 6.07) is 7.69. The molecule has 1 aliphatic carbocycles. The lowest BCUT2D eigenvalue weighted by Gasteiger charge is -2.27. The van der Waals surface area contributed by atoms with Crippen molar-refractivity contribution in [1.29, 1.82) is 0 Å². The van der Waals surface area contributed by atoms with E-state index in [0.29, 0.717) is 29.2 Å². The van der Waals surface area contributed by atoms with E-state index >= 15 is 0 Å². The molecule has 2 aromatic rings. The first-order valence-electron chi connectivity index (χ1n) is 8.67. The Morgan fingerprint density at radius 1 is 1.04 bits per heavy atom. The molecule has 2 heteroatoms. The summed E-state index contributed by atoms with van der Waals surface area (Å²) in [6.45, 7) is 3.92. The van der Waals surface area contributed by atoms with Crippen LogP contribution in [0, 0.1) is 17.6 Å². The first kappa shape index (κ1) is 16.2. The second-order valence-corrected chi connectivity index (χ2v) is 6.64. The lowest BCUT2D eigenvalue weighted by atomic mass is 9.78. The van der Waals surface area contributed by atoms with Gasteiger partial charge >= 0.3 is 0 Å². The van der Waals surface area contributed by atoms with Crippen molar-refractivity contribution in [2.24, 2.45) is 5.92 Å². The molecule has 0 spiro atoms. The van der Waals surface area contributed by atoms with Crippen LogP contribution in [0.1, 0.15) is 56.6 Å². The highest BCUT2D eigenvalue weighted by Crippen LogP contribution is 2.38. The molecule has 0 aliphatic heterocycles. The van der Waals surface area contributed by atoms with Crippen molar-refractivity contribution in [3.8, 4) is 0 Å². The van der Waals surface area contributed by atoms with Crippen LogP contribution in [0.5, 0.6) is 0 Å². The van der Waals surface area contributed by atoms with E-state index < -0.39 is 11.6 Å². The summed E-state index contributed by atoms with van der Waals surface area (Å²) in [5, 5.41) is 1.22. The number of fused-ring (bicyclic) bond motifs is 1. The van der Waals surface area contributed by atoms with Crippen LogP contribution in [-0.2, 0) is 6.42 Å². The quantitative estimate of drug-likeness (QED) is 0.565. The maximum atomic E-state index is 14.4. The second kappa shape index (κ2) is 6.82. The van der Waals surface area contributed by atoms with Crippen molar-refractivity contribution in [3.63, 3.8) is 0 Å². The molecule has 0 radical (unpaired) electrons. The molecule has 0 nitrogen and oxygen atoms in total. The topological polar surface area (TPSA) is 0 Å². The lowest BCUT2D eigenvalue weighted by molar-refractivity contribution is 0.376. The normalized spacial score (nSPS) is 22.1. The Hall–Kier alpha value is -1.70. The summed E-state index contributed by atoms with van der Waals surface area (Å²) in [5.41, 5.74) is 1.61. The highest BCUT2D eigenvalue weighted by atomic mass is 19.2. The molecule has 1 fully saturated rings. The molecule has 1 aliphatic rings. The van der Waals surface area contributed by atoms with E-state index in [1.165, 1.54) is 12.8 Å². The van der Waals surface area contributed by atoms with E-state index in [-0.39, 0.29) is 0 Å². The van der Waals surface area contributed by atoms with Crippen LogP contribution >= 0.6 is 0 Å². The standard InChI is InChI=1S/C21H24F2/c1-3-5-14-6-8-16(9-7-14)17-10-11-18-12-15(4-2)20(22)21(23)19(18)13-17/h3,5,10-14,16H,4,6-9H2,1-2H3/b5-3+. The van der Waals surface area contributed by atoms with Gasteiger partial charge in [-0.15, -0.1) is 0 Å². The van der Waals surface area contributed by atoms with Crippen LogP contribution in [0.2, 0.25) is 0 Å². The molecule has 3 rings (SSSR count). The Balaban J connectivity index is 1.90. The van der Waals surface area contributed by atoms with Gasteiger partial charge in [0.05, 0.1) is 0 Å². The molecular weight excluding hydrogens is 290 g/mol. The van der Waals surface area contributed by atoms with Crippen molar-refractivity contribution in [3.05, 3.63) is 59.2 Å². The molecule has 122 valence electrons. The van der Waals surface area contributed by atoms with Gasteiger partial charge in [0.15, 0.2) is 11.6 Å². The minimum atomic E-state index is -0.691. The van der Waals surface area contributed by atoms with Crippen molar-refractivity contribution >= 4 is 10.8 Å². The molecule has 0 unspecified atom stereocenters. The molecule has 2 aromatic carbocycles. The number of halogens is 2. The van der Waals surface area contributed by atoms with E-state index in [1.54, 1.807) is 6.07 Å². The molecule has 0 atom stereocenters. The third-order valence-corrected chi connectivity index (χ3v) is 5.21. The summed E-state index contributed by atoms with van der Waals surface area (Å²) in [6.07, 6.45) is 9.53. The summed E-state index contributed by atoms with van der Waals surface area (Å²) in [7, 11) is 0. The zero-order chi connectivity index (χ0) is 16.4. The van der Waals surface area contributed by atoms with Gasteiger partial charge in [0.1, 0.15) is 0 Å². The van der Waals surface area contributed by atoms with Gasteiger partial charge in [0.25, 0.3) is 0 Å². The molecular formula is C21H24F2. The van der Waals surface area contributed by atoms with Gasteiger partial charge in [0, 0.05) is 5.39 Å². The first-order valence-corrected chi connectivity index (χ1v) is 8.67. The average molecular weight is 314 g/mol. The summed E-state index contributed by atoms with van der Waals surface area (Å²) < 4.78 is 28.4. The van der Waals surface area contributed by atoms with Crippen molar-refractivity contribution < 1.29 is 8.78 Å². The fourth-order valence-corrected chi connectivity index (χ4v) is 3.83. The number of aryl methyl sites for hydroxylation is 1. The van der Waals surface area contributed by atoms with E-state index in [2.05, 4.69) is 25.1 Å². The van der Waals surface area contributed by atoms with Crippen molar-refractivity contribution in [2.45, 2.75) is 51.9 Å². The minimum Gasteiger partial charge on any atom is -0.203 e. The SMILES string of the molecule is C/C=C/C1CCC(c2ccc3cc(CC)c(F)c(F)c3c2)CC1. The Morgan fingerprint density at radius 3 is 2.43 bits per heavy atom. The van der Waals surface area contributed by atoms with Gasteiger partial charge in [-0.25, -0.2) is 8.78 Å². The van der Waals surface area contributed by atoms with Gasteiger partial charge in [-0.1, -0.05) is 31.2 Å². The molecule has 1 saturated carbocycles. The summed E-state index contributed by atoms with van der Waals surface area (Å²) >= 11 is 0. The van der Waals surface area contributed by atoms with E-state index in [4.69, 9.17) is 0 Å². The second-order valence-electron chi connectivity index (χ2n) is 6.64. The number of hydrogen-bond donors (Lipinski definition) is 0. The fraction of sp³-hybridized carbons (Fsp3) is 0.429. The zero-order valence-corrected chi connectivity index (χ0v) is 13.9. The monoisotopic (exact) mass is 314 g/mol. The van der Waals surface area contributed by atoms with Crippen molar-refractivity contribution in [1.82, 2.24) is 0 Å². The van der Waals surface area contributed by atoms with Crippen LogP contribution in [0.3, 0.4) is 0 Å². The van der Waals surface area contributed by atoms with Gasteiger partial charge in [-0.2, -0.15) is 0 Å². The maximum absolute atomic E-state index is 14.4. The highest BCUT2D eigenvalue weighted by molar-refractivity contribution is 5.84. The fourth-order valence-electron chi connectivity index (χ4n) is 3.83. The Labute approximate surface area is 137 Å². The van der Waals surface area contributed by atoms with E-state index in [9.17, 15) is 8.78 Å². The largest absolute Gasteiger partial charge is 0.203 e. The third kappa shape index (κ3) is 3.17. The maximum Gasteiger partial charge on any atom is 0.166 e.